The number of likely N-dealkylation sites (N-methyl/N-ethyl adjacent to an activating group) is 1. The van der Waals surface area contributed by atoms with Crippen molar-refractivity contribution in [2.75, 3.05) is 38.5 Å². The summed E-state index contributed by atoms with van der Waals surface area (Å²) in [4.78, 5) is 34.5. The van der Waals surface area contributed by atoms with Gasteiger partial charge in [-0.15, -0.1) is 0 Å². The molecule has 0 atom stereocenters. The van der Waals surface area contributed by atoms with Crippen LogP contribution in [0.1, 0.15) is 39.8 Å². The van der Waals surface area contributed by atoms with Crippen LogP contribution in [0.15, 0.2) is 85.1 Å². The van der Waals surface area contributed by atoms with E-state index in [1.807, 2.05) is 65.7 Å². The van der Waals surface area contributed by atoms with Gasteiger partial charge in [0.25, 0.3) is 5.91 Å². The van der Waals surface area contributed by atoms with Gasteiger partial charge >= 0.3 is 0 Å². The average molecular weight is 591 g/mol. The maximum absolute atomic E-state index is 13.1. The van der Waals surface area contributed by atoms with Gasteiger partial charge in [-0.1, -0.05) is 37.3 Å². The van der Waals surface area contributed by atoms with Crippen molar-refractivity contribution in [1.29, 1.82) is 0 Å². The second kappa shape index (κ2) is 12.8. The third kappa shape index (κ3) is 6.68. The molecule has 1 aliphatic heterocycles. The molecule has 1 saturated heterocycles. The summed E-state index contributed by atoms with van der Waals surface area (Å²) in [6.07, 6.45) is 3.52. The maximum Gasteiger partial charge on any atom is 0.253 e. The van der Waals surface area contributed by atoms with Gasteiger partial charge in [-0.05, 0) is 84.3 Å². The van der Waals surface area contributed by atoms with Crippen molar-refractivity contribution in [2.24, 2.45) is 0 Å². The van der Waals surface area contributed by atoms with Crippen LogP contribution in [0.5, 0.6) is 0 Å². The van der Waals surface area contributed by atoms with Crippen molar-refractivity contribution in [3.63, 3.8) is 0 Å². The summed E-state index contributed by atoms with van der Waals surface area (Å²) >= 11 is 0. The number of hydrogen-bond donors (Lipinski definition) is 1. The summed E-state index contributed by atoms with van der Waals surface area (Å²) < 4.78 is 14.9. The number of carbonyl (C=O) groups is 2. The van der Waals surface area contributed by atoms with E-state index in [-0.39, 0.29) is 24.1 Å². The number of nitrogens with one attached hydrogen (secondary N) is 1. The van der Waals surface area contributed by atoms with Crippen molar-refractivity contribution >= 4 is 23.1 Å². The number of aryl methyl sites for hydroxylation is 1. The first-order valence-electron chi connectivity index (χ1n) is 14.9. The molecule has 9 heteroatoms. The second-order valence-electron chi connectivity index (χ2n) is 11.3. The number of halogens is 1. The minimum atomic E-state index is -0.323. The Morgan fingerprint density at radius 2 is 1.59 bits per heavy atom. The Kier molecular flexibility index (Phi) is 8.47. The van der Waals surface area contributed by atoms with Gasteiger partial charge in [0.05, 0.1) is 6.42 Å². The number of piperazine rings is 1. The van der Waals surface area contributed by atoms with E-state index < -0.39 is 0 Å². The Morgan fingerprint density at radius 3 is 2.32 bits per heavy atom. The number of anilines is 1. The first kappa shape index (κ1) is 29.2. The van der Waals surface area contributed by atoms with E-state index in [4.69, 9.17) is 10.1 Å². The molecule has 6 rings (SSSR count). The van der Waals surface area contributed by atoms with Crippen LogP contribution in [0.2, 0.25) is 0 Å². The van der Waals surface area contributed by atoms with Crippen molar-refractivity contribution in [1.82, 2.24) is 24.4 Å². The number of nitrogens with zero attached hydrogens (tertiary/aromatic N) is 5. The summed E-state index contributed by atoms with van der Waals surface area (Å²) in [6, 6.07) is 23.5. The molecular weight excluding hydrogens is 555 g/mol. The van der Waals surface area contributed by atoms with Crippen LogP contribution in [-0.4, -0.2) is 69.4 Å². The van der Waals surface area contributed by atoms with Crippen molar-refractivity contribution in [2.45, 2.75) is 26.2 Å². The highest BCUT2D eigenvalue weighted by atomic mass is 19.1. The van der Waals surface area contributed by atoms with Crippen LogP contribution < -0.4 is 5.32 Å². The quantitative estimate of drug-likeness (QED) is 0.267. The van der Waals surface area contributed by atoms with Crippen molar-refractivity contribution < 1.29 is 14.0 Å². The largest absolute Gasteiger partial charge is 0.336 e. The molecule has 0 saturated carbocycles. The highest BCUT2D eigenvalue weighted by Gasteiger charge is 2.21. The van der Waals surface area contributed by atoms with E-state index in [2.05, 4.69) is 24.2 Å². The van der Waals surface area contributed by atoms with Gasteiger partial charge in [-0.25, -0.2) is 13.9 Å². The molecule has 8 nitrogen and oxygen atoms in total. The number of aromatic nitrogens is 3. The Hall–Kier alpha value is -4.89. The van der Waals surface area contributed by atoms with Crippen LogP contribution in [0.4, 0.5) is 10.1 Å². The number of benzene rings is 3. The van der Waals surface area contributed by atoms with Crippen molar-refractivity contribution in [3.8, 4) is 11.1 Å². The molecule has 1 N–H and O–H groups in total. The minimum Gasteiger partial charge on any atom is -0.336 e. The molecule has 1 aliphatic rings. The zero-order valence-electron chi connectivity index (χ0n) is 25.0. The van der Waals surface area contributed by atoms with E-state index in [1.54, 1.807) is 16.6 Å². The van der Waals surface area contributed by atoms with E-state index in [1.165, 1.54) is 12.1 Å². The van der Waals surface area contributed by atoms with Gasteiger partial charge in [-0.2, -0.15) is 5.10 Å². The van der Waals surface area contributed by atoms with Gasteiger partial charge in [0.1, 0.15) is 5.82 Å². The molecule has 3 aromatic carbocycles. The molecular formula is C35H35FN6O2. The monoisotopic (exact) mass is 590 g/mol. The van der Waals surface area contributed by atoms with Crippen LogP contribution in [0.25, 0.3) is 16.8 Å². The summed E-state index contributed by atoms with van der Waals surface area (Å²) in [5, 5.41) is 7.65. The van der Waals surface area contributed by atoms with E-state index in [0.717, 1.165) is 71.6 Å². The van der Waals surface area contributed by atoms with Crippen LogP contribution in [0, 0.1) is 5.82 Å². The molecule has 1 fully saturated rings. The van der Waals surface area contributed by atoms with Gasteiger partial charge in [0.2, 0.25) is 5.91 Å². The highest BCUT2D eigenvalue weighted by molar-refractivity contribution is 5.94. The standard InChI is InChI=1S/C35H35FN6O2/c1-3-25-21-28(35(44)41-18-16-40(2)17-19-41)7-6-27(25)22-32-38-33-15-10-29(23-42(33)39-32)26-8-13-31(14-9-26)37-34(43)20-24-4-11-30(36)12-5-24/h4-15,21,23H,3,16-20,22H2,1-2H3,(H,37,43). The Labute approximate surface area is 256 Å². The van der Waals surface area contributed by atoms with Gasteiger partial charge in [0, 0.05) is 55.6 Å². The smallest absolute Gasteiger partial charge is 0.253 e. The maximum atomic E-state index is 13.1. The fourth-order valence-corrected chi connectivity index (χ4v) is 5.54. The fourth-order valence-electron chi connectivity index (χ4n) is 5.54. The minimum absolute atomic E-state index is 0.0955. The summed E-state index contributed by atoms with van der Waals surface area (Å²) in [5.74, 6) is 0.326. The summed E-state index contributed by atoms with van der Waals surface area (Å²) in [5.41, 5.74) is 7.14. The van der Waals surface area contributed by atoms with Gasteiger partial charge in [-0.3, -0.25) is 9.59 Å². The molecule has 2 amide bonds. The average Bonchev–Trinajstić information content (AvgIpc) is 3.44. The molecule has 0 bridgehead atoms. The van der Waals surface area contributed by atoms with Gasteiger partial charge < -0.3 is 15.1 Å². The molecule has 2 aromatic heterocycles. The first-order chi connectivity index (χ1) is 21.3. The number of fused-ring (bicyclic) bond motifs is 1. The number of amides is 2. The zero-order chi connectivity index (χ0) is 30.6. The lowest BCUT2D eigenvalue weighted by molar-refractivity contribution is -0.115. The van der Waals surface area contributed by atoms with Crippen LogP contribution in [-0.2, 0) is 24.1 Å². The molecule has 3 heterocycles. The number of carbonyl (C=O) groups excluding carboxylic acids is 2. The Bertz CT molecular complexity index is 1790. The number of pyridine rings is 1. The van der Waals surface area contributed by atoms with Crippen LogP contribution in [0.3, 0.4) is 0 Å². The van der Waals surface area contributed by atoms with Crippen LogP contribution >= 0.6 is 0 Å². The lowest BCUT2D eigenvalue weighted by atomic mass is 9.98. The lowest BCUT2D eigenvalue weighted by Crippen LogP contribution is -2.47. The summed E-state index contributed by atoms with van der Waals surface area (Å²) in [6.45, 7) is 5.41. The molecule has 44 heavy (non-hydrogen) atoms. The number of rotatable bonds is 8. The molecule has 0 spiro atoms. The van der Waals surface area contributed by atoms with Gasteiger partial charge in [0.15, 0.2) is 11.5 Å². The fraction of sp³-hybridized carbons (Fsp3) is 0.257. The van der Waals surface area contributed by atoms with E-state index in [0.29, 0.717) is 17.9 Å². The molecule has 0 aliphatic carbocycles. The zero-order valence-corrected chi connectivity index (χ0v) is 25.0. The third-order valence-electron chi connectivity index (χ3n) is 8.13. The topological polar surface area (TPSA) is 82.8 Å². The molecule has 0 radical (unpaired) electrons. The predicted molar refractivity (Wildman–Crippen MR) is 169 cm³/mol. The highest BCUT2D eigenvalue weighted by Crippen LogP contribution is 2.23. The SMILES string of the molecule is CCc1cc(C(=O)N2CCN(C)CC2)ccc1Cc1nc2ccc(-c3ccc(NC(=O)Cc4ccc(F)cc4)cc3)cn2n1. The lowest BCUT2D eigenvalue weighted by Gasteiger charge is -2.32. The Morgan fingerprint density at radius 1 is 0.864 bits per heavy atom. The molecule has 0 unspecified atom stereocenters. The Balaban J connectivity index is 1.12. The third-order valence-corrected chi connectivity index (χ3v) is 8.13. The van der Waals surface area contributed by atoms with Crippen molar-refractivity contribution in [3.05, 3.63) is 119 Å². The van der Waals surface area contributed by atoms with E-state index in [9.17, 15) is 14.0 Å². The molecule has 5 aromatic rings. The predicted octanol–water partition coefficient (Wildman–Crippen LogP) is 5.26. The number of hydrogen-bond acceptors (Lipinski definition) is 5. The second-order valence-corrected chi connectivity index (χ2v) is 11.3. The van der Waals surface area contributed by atoms with E-state index >= 15 is 0 Å². The molecule has 224 valence electrons. The first-order valence-corrected chi connectivity index (χ1v) is 14.9. The summed E-state index contributed by atoms with van der Waals surface area (Å²) in [7, 11) is 2.08. The normalized spacial score (nSPS) is 13.8.